The second-order valence-corrected chi connectivity index (χ2v) is 7.28. The molecule has 20 heavy (non-hydrogen) atoms. The molecule has 0 heterocycles. The maximum absolute atomic E-state index is 11.5. The first-order valence-electron chi connectivity index (χ1n) is 7.10. The van der Waals surface area contributed by atoms with E-state index in [9.17, 15) is 4.79 Å². The van der Waals surface area contributed by atoms with E-state index in [1.165, 1.54) is 5.56 Å². The van der Waals surface area contributed by atoms with Crippen LogP contribution in [0.1, 0.15) is 37.7 Å². The van der Waals surface area contributed by atoms with Gasteiger partial charge in [0.15, 0.2) is 10.1 Å². The second kappa shape index (κ2) is 5.32. The summed E-state index contributed by atoms with van der Waals surface area (Å²) >= 11 is 12.4. The first kappa shape index (κ1) is 14.4. The molecule has 0 atom stereocenters. The fourth-order valence-electron chi connectivity index (χ4n) is 3.31. The average molecular weight is 313 g/mol. The number of ketones is 1. The zero-order valence-electron chi connectivity index (χ0n) is 11.3. The van der Waals surface area contributed by atoms with Crippen LogP contribution in [0, 0.1) is 5.41 Å². The third-order valence-electron chi connectivity index (χ3n) is 4.73. The van der Waals surface area contributed by atoms with Crippen LogP contribution in [0.3, 0.4) is 0 Å². The maximum atomic E-state index is 11.5. The van der Waals surface area contributed by atoms with Gasteiger partial charge in [0.1, 0.15) is 0 Å². The standard InChI is InChI=1S/C16H18Cl2O2/c17-16(18)14(19)10-15(16)8-6-13(7-9-15)20-11-12-4-2-1-3-5-12/h1-5,13H,6-11H2. The molecule has 4 heteroatoms. The molecule has 0 unspecified atom stereocenters. The van der Waals surface area contributed by atoms with Crippen molar-refractivity contribution in [2.75, 3.05) is 0 Å². The Morgan fingerprint density at radius 1 is 1.15 bits per heavy atom. The lowest BCUT2D eigenvalue weighted by Gasteiger charge is -2.53. The summed E-state index contributed by atoms with van der Waals surface area (Å²) in [5.74, 6) is -0.0236. The second-order valence-electron chi connectivity index (χ2n) is 5.95. The Morgan fingerprint density at radius 2 is 1.80 bits per heavy atom. The smallest absolute Gasteiger partial charge is 0.181 e. The molecule has 0 aliphatic heterocycles. The fraction of sp³-hybridized carbons (Fsp3) is 0.562. The molecule has 0 radical (unpaired) electrons. The summed E-state index contributed by atoms with van der Waals surface area (Å²) in [6, 6.07) is 10.2. The van der Waals surface area contributed by atoms with Crippen molar-refractivity contribution in [3.05, 3.63) is 35.9 Å². The molecular formula is C16H18Cl2O2. The monoisotopic (exact) mass is 312 g/mol. The summed E-state index contributed by atoms with van der Waals surface area (Å²) in [6.45, 7) is 0.643. The van der Waals surface area contributed by atoms with Crippen LogP contribution >= 0.6 is 23.2 Å². The highest BCUT2D eigenvalue weighted by molar-refractivity contribution is 6.61. The fourth-order valence-corrected chi connectivity index (χ4v) is 3.95. The number of carbonyl (C=O) groups is 1. The summed E-state index contributed by atoms with van der Waals surface area (Å²) < 4.78 is 4.80. The summed E-state index contributed by atoms with van der Waals surface area (Å²) in [6.07, 6.45) is 4.41. The van der Waals surface area contributed by atoms with E-state index < -0.39 is 4.33 Å². The SMILES string of the molecule is O=C1CC2(CCC(OCc3ccccc3)CC2)C1(Cl)Cl. The third kappa shape index (κ3) is 2.38. The normalized spacial score (nSPS) is 32.1. The molecule has 0 N–H and O–H groups in total. The number of rotatable bonds is 3. The van der Waals surface area contributed by atoms with E-state index >= 15 is 0 Å². The van der Waals surface area contributed by atoms with Gasteiger partial charge in [0, 0.05) is 11.8 Å². The molecule has 2 aliphatic carbocycles. The van der Waals surface area contributed by atoms with Gasteiger partial charge in [-0.3, -0.25) is 4.79 Å². The molecular weight excluding hydrogens is 295 g/mol. The van der Waals surface area contributed by atoms with Gasteiger partial charge in [-0.2, -0.15) is 0 Å². The van der Waals surface area contributed by atoms with Crippen LogP contribution in [0.4, 0.5) is 0 Å². The van der Waals surface area contributed by atoms with E-state index in [1.54, 1.807) is 0 Å². The molecule has 1 aromatic carbocycles. The molecule has 2 nitrogen and oxygen atoms in total. The van der Waals surface area contributed by atoms with E-state index in [2.05, 4.69) is 12.1 Å². The minimum absolute atomic E-state index is 0.0236. The van der Waals surface area contributed by atoms with Crippen molar-refractivity contribution in [3.8, 4) is 0 Å². The zero-order valence-corrected chi connectivity index (χ0v) is 12.8. The summed E-state index contributed by atoms with van der Waals surface area (Å²) in [4.78, 5) is 11.5. The van der Waals surface area contributed by atoms with E-state index in [0.717, 1.165) is 25.7 Å². The topological polar surface area (TPSA) is 26.3 Å². The number of halogens is 2. The quantitative estimate of drug-likeness (QED) is 0.779. The zero-order chi connectivity index (χ0) is 14.2. The molecule has 108 valence electrons. The van der Waals surface area contributed by atoms with Crippen molar-refractivity contribution in [1.82, 2.24) is 0 Å². The van der Waals surface area contributed by atoms with Gasteiger partial charge >= 0.3 is 0 Å². The highest BCUT2D eigenvalue weighted by Crippen LogP contribution is 2.61. The number of carbonyl (C=O) groups excluding carboxylic acids is 1. The van der Waals surface area contributed by atoms with Crippen molar-refractivity contribution in [3.63, 3.8) is 0 Å². The van der Waals surface area contributed by atoms with Crippen molar-refractivity contribution in [2.24, 2.45) is 5.41 Å². The molecule has 1 spiro atoms. The minimum atomic E-state index is -1.16. The summed E-state index contributed by atoms with van der Waals surface area (Å²) in [7, 11) is 0. The summed E-state index contributed by atoms with van der Waals surface area (Å²) in [5, 5.41) is 0. The molecule has 0 saturated heterocycles. The number of hydrogen-bond donors (Lipinski definition) is 0. The maximum Gasteiger partial charge on any atom is 0.181 e. The molecule has 2 fully saturated rings. The first-order chi connectivity index (χ1) is 9.53. The highest BCUT2D eigenvalue weighted by Gasteiger charge is 2.64. The number of ether oxygens (including phenoxy) is 1. The average Bonchev–Trinajstić information content (AvgIpc) is 2.48. The predicted molar refractivity (Wildman–Crippen MR) is 80.0 cm³/mol. The van der Waals surface area contributed by atoms with Crippen LogP contribution in [0.5, 0.6) is 0 Å². The van der Waals surface area contributed by atoms with Crippen LogP contribution in [0.2, 0.25) is 0 Å². The van der Waals surface area contributed by atoms with Crippen LogP contribution < -0.4 is 0 Å². The van der Waals surface area contributed by atoms with E-state index in [-0.39, 0.29) is 17.3 Å². The van der Waals surface area contributed by atoms with Gasteiger partial charge in [0.2, 0.25) is 0 Å². The number of hydrogen-bond acceptors (Lipinski definition) is 2. The van der Waals surface area contributed by atoms with E-state index in [4.69, 9.17) is 27.9 Å². The Labute approximate surface area is 129 Å². The molecule has 2 saturated carbocycles. The Hall–Kier alpha value is -0.570. The molecule has 0 amide bonds. The van der Waals surface area contributed by atoms with Gasteiger partial charge < -0.3 is 4.74 Å². The summed E-state index contributed by atoms with van der Waals surface area (Å²) in [5.41, 5.74) is 0.996. The van der Waals surface area contributed by atoms with E-state index in [0.29, 0.717) is 13.0 Å². The predicted octanol–water partition coefficient (Wildman–Crippen LogP) is 4.28. The molecule has 3 rings (SSSR count). The van der Waals surface area contributed by atoms with Crippen molar-refractivity contribution in [1.29, 1.82) is 0 Å². The van der Waals surface area contributed by atoms with Crippen molar-refractivity contribution < 1.29 is 9.53 Å². The first-order valence-corrected chi connectivity index (χ1v) is 7.86. The van der Waals surface area contributed by atoms with E-state index in [1.807, 2.05) is 18.2 Å². The lowest BCUT2D eigenvalue weighted by atomic mass is 9.59. The largest absolute Gasteiger partial charge is 0.374 e. The Morgan fingerprint density at radius 3 is 2.35 bits per heavy atom. The molecule has 1 aromatic rings. The van der Waals surface area contributed by atoms with Crippen molar-refractivity contribution in [2.45, 2.75) is 49.1 Å². The lowest BCUT2D eigenvalue weighted by molar-refractivity contribution is -0.139. The van der Waals surface area contributed by atoms with Crippen LogP contribution in [-0.4, -0.2) is 16.2 Å². The molecule has 2 aliphatic rings. The van der Waals surface area contributed by atoms with Gasteiger partial charge in [-0.1, -0.05) is 53.5 Å². The minimum Gasteiger partial charge on any atom is -0.374 e. The third-order valence-corrected chi connectivity index (χ3v) is 5.96. The van der Waals surface area contributed by atoms with Gasteiger partial charge in [-0.05, 0) is 31.2 Å². The van der Waals surface area contributed by atoms with Crippen LogP contribution in [-0.2, 0) is 16.1 Å². The number of Topliss-reactive ketones (excluding diaryl/α,β-unsaturated/α-hetero) is 1. The van der Waals surface area contributed by atoms with Crippen LogP contribution in [0.25, 0.3) is 0 Å². The Bertz CT molecular complexity index is 490. The van der Waals surface area contributed by atoms with Gasteiger partial charge in [-0.15, -0.1) is 0 Å². The van der Waals surface area contributed by atoms with Gasteiger partial charge in [0.05, 0.1) is 12.7 Å². The van der Waals surface area contributed by atoms with Crippen molar-refractivity contribution >= 4 is 29.0 Å². The number of benzene rings is 1. The lowest BCUT2D eigenvalue weighted by Crippen LogP contribution is -2.59. The Balaban J connectivity index is 1.51. The Kier molecular flexibility index (Phi) is 3.83. The van der Waals surface area contributed by atoms with Gasteiger partial charge in [0.25, 0.3) is 0 Å². The molecule has 0 aromatic heterocycles. The highest BCUT2D eigenvalue weighted by atomic mass is 35.5. The number of alkyl halides is 2. The van der Waals surface area contributed by atoms with Gasteiger partial charge in [-0.25, -0.2) is 0 Å². The van der Waals surface area contributed by atoms with Crippen LogP contribution in [0.15, 0.2) is 30.3 Å². The molecule has 0 bridgehead atoms.